The first kappa shape index (κ1) is 13.8. The predicted molar refractivity (Wildman–Crippen MR) is 73.0 cm³/mol. The number of aromatic amines is 1. The van der Waals surface area contributed by atoms with E-state index in [-0.39, 0.29) is 28.2 Å². The number of rotatable bonds is 2. The number of nitrogens with zero attached hydrogens (tertiary/aromatic N) is 3. The van der Waals surface area contributed by atoms with Crippen molar-refractivity contribution in [2.45, 2.75) is 0 Å². The van der Waals surface area contributed by atoms with Gasteiger partial charge >= 0.3 is 0 Å². The average molecular weight is 281 g/mol. The standard InChI is InChI=1S/C13H7N5O3/c14-5-9-11(10(6-15)13(19)17-12(9)16)7-1-3-8(4-2-7)18(20)21/h1-4H,(H3,16,17,19). The summed E-state index contributed by atoms with van der Waals surface area (Å²) in [6.45, 7) is 0. The molecule has 2 rings (SSSR count). The van der Waals surface area contributed by atoms with E-state index in [1.54, 1.807) is 6.07 Å². The molecule has 3 N–H and O–H groups in total. The number of anilines is 1. The number of nitriles is 2. The fourth-order valence-electron chi connectivity index (χ4n) is 1.88. The Morgan fingerprint density at radius 2 is 1.71 bits per heavy atom. The zero-order chi connectivity index (χ0) is 15.6. The van der Waals surface area contributed by atoms with E-state index in [0.717, 1.165) is 0 Å². The molecule has 0 saturated heterocycles. The normalized spacial score (nSPS) is 9.62. The zero-order valence-corrected chi connectivity index (χ0v) is 10.5. The summed E-state index contributed by atoms with van der Waals surface area (Å²) in [5.74, 6) is -0.158. The third kappa shape index (κ3) is 2.29. The van der Waals surface area contributed by atoms with Crippen molar-refractivity contribution < 1.29 is 4.92 Å². The maximum absolute atomic E-state index is 11.7. The molecule has 0 atom stereocenters. The number of nitro benzene ring substituents is 1. The molecule has 1 aromatic heterocycles. The van der Waals surface area contributed by atoms with Gasteiger partial charge in [-0.1, -0.05) is 0 Å². The number of hydrogen-bond donors (Lipinski definition) is 2. The number of hydrogen-bond acceptors (Lipinski definition) is 6. The first-order chi connectivity index (χ1) is 9.99. The van der Waals surface area contributed by atoms with Crippen molar-refractivity contribution in [2.24, 2.45) is 0 Å². The van der Waals surface area contributed by atoms with Crippen molar-refractivity contribution in [3.05, 3.63) is 55.9 Å². The van der Waals surface area contributed by atoms with Gasteiger partial charge in [0.05, 0.1) is 4.92 Å². The van der Waals surface area contributed by atoms with Crippen LogP contribution in [0.3, 0.4) is 0 Å². The zero-order valence-electron chi connectivity index (χ0n) is 10.5. The Balaban J connectivity index is 2.80. The lowest BCUT2D eigenvalue weighted by Crippen LogP contribution is -2.16. The Morgan fingerprint density at radius 1 is 1.14 bits per heavy atom. The molecule has 0 fully saturated rings. The first-order valence-electron chi connectivity index (χ1n) is 5.60. The van der Waals surface area contributed by atoms with Crippen LogP contribution < -0.4 is 11.3 Å². The van der Waals surface area contributed by atoms with E-state index in [1.165, 1.54) is 24.3 Å². The van der Waals surface area contributed by atoms with Crippen molar-refractivity contribution in [1.82, 2.24) is 4.98 Å². The number of nitro groups is 1. The van der Waals surface area contributed by atoms with Crippen molar-refractivity contribution >= 4 is 11.5 Å². The van der Waals surface area contributed by atoms with Crippen LogP contribution in [0.1, 0.15) is 11.1 Å². The van der Waals surface area contributed by atoms with Gasteiger partial charge in [0.25, 0.3) is 11.2 Å². The lowest BCUT2D eigenvalue weighted by molar-refractivity contribution is -0.384. The van der Waals surface area contributed by atoms with Crippen LogP contribution in [0, 0.1) is 32.8 Å². The van der Waals surface area contributed by atoms with Gasteiger partial charge in [0.2, 0.25) is 0 Å². The van der Waals surface area contributed by atoms with Gasteiger partial charge in [-0.15, -0.1) is 0 Å². The Labute approximate surface area is 117 Å². The fraction of sp³-hybridized carbons (Fsp3) is 0. The number of H-pyrrole nitrogens is 1. The summed E-state index contributed by atoms with van der Waals surface area (Å²) in [6, 6.07) is 8.68. The van der Waals surface area contributed by atoms with Gasteiger partial charge in [0.15, 0.2) is 0 Å². The van der Waals surface area contributed by atoms with Crippen LogP contribution in [-0.2, 0) is 0 Å². The van der Waals surface area contributed by atoms with Gasteiger partial charge in [-0.05, 0) is 17.7 Å². The number of benzene rings is 1. The Hall–Kier alpha value is -3.65. The molecule has 8 nitrogen and oxygen atoms in total. The molecule has 1 heterocycles. The molecule has 1 aromatic carbocycles. The SMILES string of the molecule is N#Cc1c(N)[nH]c(=O)c(C#N)c1-c1ccc([N+](=O)[O-])cc1. The van der Waals surface area contributed by atoms with Crippen LogP contribution in [0.5, 0.6) is 0 Å². The fourth-order valence-corrected chi connectivity index (χ4v) is 1.88. The van der Waals surface area contributed by atoms with E-state index in [9.17, 15) is 14.9 Å². The largest absolute Gasteiger partial charge is 0.384 e. The molecule has 0 saturated carbocycles. The lowest BCUT2D eigenvalue weighted by atomic mass is 9.96. The summed E-state index contributed by atoms with van der Waals surface area (Å²) in [6.07, 6.45) is 0. The molecule has 2 aromatic rings. The summed E-state index contributed by atoms with van der Waals surface area (Å²) in [5, 5.41) is 28.9. The van der Waals surface area contributed by atoms with Crippen molar-refractivity contribution in [1.29, 1.82) is 10.5 Å². The molecule has 0 aliphatic carbocycles. The monoisotopic (exact) mass is 281 g/mol. The Morgan fingerprint density at radius 3 is 2.19 bits per heavy atom. The number of non-ortho nitro benzene ring substituents is 1. The first-order valence-corrected chi connectivity index (χ1v) is 5.60. The van der Waals surface area contributed by atoms with Crippen LogP contribution in [0.2, 0.25) is 0 Å². The van der Waals surface area contributed by atoms with Gasteiger partial charge in [0.1, 0.15) is 29.1 Å². The topological polar surface area (TPSA) is 150 Å². The maximum Gasteiger partial charge on any atom is 0.269 e. The molecule has 8 heteroatoms. The van der Waals surface area contributed by atoms with Gasteiger partial charge < -0.3 is 10.7 Å². The van der Waals surface area contributed by atoms with E-state index in [0.29, 0.717) is 5.56 Å². The summed E-state index contributed by atoms with van der Waals surface area (Å²) < 4.78 is 0. The highest BCUT2D eigenvalue weighted by atomic mass is 16.6. The van der Waals surface area contributed by atoms with E-state index >= 15 is 0 Å². The molecule has 0 amide bonds. The predicted octanol–water partition coefficient (Wildman–Crippen LogP) is 1.28. The number of nitrogen functional groups attached to an aromatic ring is 1. The van der Waals surface area contributed by atoms with E-state index < -0.39 is 10.5 Å². The van der Waals surface area contributed by atoms with Crippen LogP contribution in [-0.4, -0.2) is 9.91 Å². The summed E-state index contributed by atoms with van der Waals surface area (Å²) >= 11 is 0. The van der Waals surface area contributed by atoms with E-state index in [2.05, 4.69) is 4.98 Å². The van der Waals surface area contributed by atoms with Gasteiger partial charge in [-0.2, -0.15) is 10.5 Å². The van der Waals surface area contributed by atoms with Crippen LogP contribution in [0.15, 0.2) is 29.1 Å². The van der Waals surface area contributed by atoms with Crippen LogP contribution >= 0.6 is 0 Å². The number of nitrogens with one attached hydrogen (secondary N) is 1. The second-order valence-electron chi connectivity index (χ2n) is 4.02. The van der Waals surface area contributed by atoms with E-state index in [4.69, 9.17) is 16.3 Å². The van der Waals surface area contributed by atoms with Gasteiger partial charge in [0, 0.05) is 17.7 Å². The number of nitrogens with two attached hydrogens (primary N) is 1. The summed E-state index contributed by atoms with van der Waals surface area (Å²) in [4.78, 5) is 24.0. The lowest BCUT2D eigenvalue weighted by Gasteiger charge is -2.08. The molecule has 0 bridgehead atoms. The molecule has 102 valence electrons. The third-order valence-corrected chi connectivity index (χ3v) is 2.84. The molecule has 21 heavy (non-hydrogen) atoms. The smallest absolute Gasteiger partial charge is 0.269 e. The minimum Gasteiger partial charge on any atom is -0.384 e. The molecule has 0 spiro atoms. The van der Waals surface area contributed by atoms with Crippen molar-refractivity contribution in [3.63, 3.8) is 0 Å². The third-order valence-electron chi connectivity index (χ3n) is 2.84. The molecule has 0 radical (unpaired) electrons. The van der Waals surface area contributed by atoms with Gasteiger partial charge in [-0.25, -0.2) is 0 Å². The number of aromatic nitrogens is 1. The molecular formula is C13H7N5O3. The Kier molecular flexibility index (Phi) is 3.38. The van der Waals surface area contributed by atoms with Crippen LogP contribution in [0.4, 0.5) is 11.5 Å². The highest BCUT2D eigenvalue weighted by Gasteiger charge is 2.18. The Bertz CT molecular complexity index is 869. The van der Waals surface area contributed by atoms with Crippen molar-refractivity contribution in [3.8, 4) is 23.3 Å². The quantitative estimate of drug-likeness (QED) is 0.625. The minimum atomic E-state index is -0.720. The molecular weight excluding hydrogens is 274 g/mol. The summed E-state index contributed by atoms with van der Waals surface area (Å²) in [5.41, 5.74) is 4.78. The van der Waals surface area contributed by atoms with Gasteiger partial charge in [-0.3, -0.25) is 14.9 Å². The molecule has 0 aliphatic rings. The molecule has 0 unspecified atom stereocenters. The second-order valence-corrected chi connectivity index (χ2v) is 4.02. The summed E-state index contributed by atoms with van der Waals surface area (Å²) in [7, 11) is 0. The van der Waals surface area contributed by atoms with Crippen LogP contribution in [0.25, 0.3) is 11.1 Å². The highest BCUT2D eigenvalue weighted by molar-refractivity contribution is 5.80. The molecule has 0 aliphatic heterocycles. The maximum atomic E-state index is 11.7. The highest BCUT2D eigenvalue weighted by Crippen LogP contribution is 2.29. The van der Waals surface area contributed by atoms with E-state index in [1.807, 2.05) is 6.07 Å². The minimum absolute atomic E-state index is 0.0556. The van der Waals surface area contributed by atoms with Crippen molar-refractivity contribution in [2.75, 3.05) is 5.73 Å². The average Bonchev–Trinajstić information content (AvgIpc) is 2.46. The second kappa shape index (κ2) is 5.15. The number of pyridine rings is 1.